The van der Waals surface area contributed by atoms with Crippen LogP contribution in [0.1, 0.15) is 17.7 Å². The van der Waals surface area contributed by atoms with Gasteiger partial charge >= 0.3 is 6.55 Å². The summed E-state index contributed by atoms with van der Waals surface area (Å²) in [4.78, 5) is 0. The van der Waals surface area contributed by atoms with Crippen molar-refractivity contribution >= 4 is 11.0 Å². The van der Waals surface area contributed by atoms with Crippen molar-refractivity contribution in [3.63, 3.8) is 0 Å². The summed E-state index contributed by atoms with van der Waals surface area (Å²) < 4.78 is 25.5. The molecule has 3 nitrogen and oxygen atoms in total. The highest BCUT2D eigenvalue weighted by atomic mass is 19.3. The van der Waals surface area contributed by atoms with Crippen molar-refractivity contribution in [2.45, 2.75) is 20.4 Å². The van der Waals surface area contributed by atoms with Gasteiger partial charge in [-0.1, -0.05) is 5.21 Å². The third kappa shape index (κ3) is 1.25. The van der Waals surface area contributed by atoms with Gasteiger partial charge in [0.05, 0.1) is 5.52 Å². The molecule has 5 heteroatoms. The first-order chi connectivity index (χ1) is 6.59. The largest absolute Gasteiger partial charge is 0.335 e. The van der Waals surface area contributed by atoms with Crippen molar-refractivity contribution in [3.05, 3.63) is 23.3 Å². The first-order valence-corrected chi connectivity index (χ1v) is 4.20. The minimum absolute atomic E-state index is 0.378. The number of hydrogen-bond donors (Lipinski definition) is 0. The highest BCUT2D eigenvalue weighted by Crippen LogP contribution is 2.20. The van der Waals surface area contributed by atoms with Crippen LogP contribution in [0.15, 0.2) is 12.1 Å². The van der Waals surface area contributed by atoms with E-state index < -0.39 is 6.55 Å². The third-order valence-corrected chi connectivity index (χ3v) is 2.27. The number of nitrogens with zero attached hydrogens (tertiary/aromatic N) is 3. The van der Waals surface area contributed by atoms with Gasteiger partial charge in [-0.05, 0) is 37.1 Å². The van der Waals surface area contributed by atoms with E-state index in [1.807, 2.05) is 13.8 Å². The molecule has 0 amide bonds. The van der Waals surface area contributed by atoms with Gasteiger partial charge in [0.25, 0.3) is 0 Å². The van der Waals surface area contributed by atoms with Crippen LogP contribution >= 0.6 is 0 Å². The number of aromatic nitrogens is 3. The minimum atomic E-state index is -2.64. The van der Waals surface area contributed by atoms with Crippen molar-refractivity contribution < 1.29 is 8.78 Å². The van der Waals surface area contributed by atoms with Crippen molar-refractivity contribution in [3.8, 4) is 0 Å². The fraction of sp³-hybridized carbons (Fsp3) is 0.333. The average Bonchev–Trinajstić information content (AvgIpc) is 2.48. The van der Waals surface area contributed by atoms with Gasteiger partial charge in [0.1, 0.15) is 5.52 Å². The summed E-state index contributed by atoms with van der Waals surface area (Å²) >= 11 is 0. The SMILES string of the molecule is Cc1cc2nnn(C(F)F)c2cc1C. The molecule has 0 unspecified atom stereocenters. The fourth-order valence-electron chi connectivity index (χ4n) is 1.34. The Kier molecular flexibility index (Phi) is 1.94. The lowest BCUT2D eigenvalue weighted by Crippen LogP contribution is -2.00. The number of aryl methyl sites for hydroxylation is 2. The first kappa shape index (κ1) is 9.05. The molecule has 0 atom stereocenters. The van der Waals surface area contributed by atoms with Gasteiger partial charge in [-0.2, -0.15) is 13.5 Å². The fourth-order valence-corrected chi connectivity index (χ4v) is 1.34. The summed E-state index contributed by atoms with van der Waals surface area (Å²) in [5.41, 5.74) is 2.87. The maximum absolute atomic E-state index is 12.4. The second-order valence-corrected chi connectivity index (χ2v) is 3.24. The standard InChI is InChI=1S/C9H9F2N3/c1-5-3-7-8(4-6(5)2)14(9(10)11)13-12-7/h3-4,9H,1-2H3. The third-order valence-electron chi connectivity index (χ3n) is 2.27. The molecule has 1 aromatic carbocycles. The van der Waals surface area contributed by atoms with Crippen molar-refractivity contribution in [1.82, 2.24) is 15.0 Å². The van der Waals surface area contributed by atoms with Gasteiger partial charge in [0.2, 0.25) is 0 Å². The van der Waals surface area contributed by atoms with E-state index >= 15 is 0 Å². The highest BCUT2D eigenvalue weighted by Gasteiger charge is 2.13. The molecule has 1 heterocycles. The van der Waals surface area contributed by atoms with Crippen LogP contribution in [-0.2, 0) is 0 Å². The summed E-state index contributed by atoms with van der Waals surface area (Å²) in [6, 6.07) is 3.44. The zero-order valence-corrected chi connectivity index (χ0v) is 7.83. The molecule has 1 aromatic heterocycles. The predicted molar refractivity (Wildman–Crippen MR) is 48.3 cm³/mol. The van der Waals surface area contributed by atoms with Crippen molar-refractivity contribution in [2.24, 2.45) is 0 Å². The lowest BCUT2D eigenvalue weighted by Gasteiger charge is -2.01. The highest BCUT2D eigenvalue weighted by molar-refractivity contribution is 5.76. The summed E-state index contributed by atoms with van der Waals surface area (Å²) in [7, 11) is 0. The van der Waals surface area contributed by atoms with Crippen LogP contribution in [0.25, 0.3) is 11.0 Å². The number of halogens is 2. The van der Waals surface area contributed by atoms with Crippen molar-refractivity contribution in [2.75, 3.05) is 0 Å². The van der Waals surface area contributed by atoms with E-state index in [0.29, 0.717) is 15.7 Å². The van der Waals surface area contributed by atoms with Crippen LogP contribution in [0, 0.1) is 13.8 Å². The molecule has 0 radical (unpaired) electrons. The van der Waals surface area contributed by atoms with Crippen LogP contribution in [0.5, 0.6) is 0 Å². The van der Waals surface area contributed by atoms with Gasteiger partial charge in [0, 0.05) is 0 Å². The van der Waals surface area contributed by atoms with E-state index in [1.54, 1.807) is 12.1 Å². The normalized spacial score (nSPS) is 11.5. The molecule has 0 aliphatic rings. The summed E-state index contributed by atoms with van der Waals surface area (Å²) in [6.45, 7) is 1.15. The molecule has 2 rings (SSSR count). The maximum atomic E-state index is 12.4. The van der Waals surface area contributed by atoms with Crippen LogP contribution in [0.3, 0.4) is 0 Å². The van der Waals surface area contributed by atoms with E-state index in [1.165, 1.54) is 0 Å². The number of rotatable bonds is 1. The molecule has 74 valence electrons. The number of hydrogen-bond acceptors (Lipinski definition) is 2. The molecule has 0 N–H and O–H groups in total. The Morgan fingerprint density at radius 3 is 2.50 bits per heavy atom. The monoisotopic (exact) mass is 197 g/mol. The molecule has 0 aliphatic heterocycles. The summed E-state index contributed by atoms with van der Waals surface area (Å²) in [5, 5.41) is 7.07. The molecule has 0 saturated heterocycles. The van der Waals surface area contributed by atoms with Gasteiger partial charge < -0.3 is 0 Å². The zero-order chi connectivity index (χ0) is 10.3. The first-order valence-electron chi connectivity index (χ1n) is 4.20. The maximum Gasteiger partial charge on any atom is 0.335 e. The van der Waals surface area contributed by atoms with Crippen molar-refractivity contribution in [1.29, 1.82) is 0 Å². The molecule has 14 heavy (non-hydrogen) atoms. The lowest BCUT2D eigenvalue weighted by molar-refractivity contribution is 0.0593. The minimum Gasteiger partial charge on any atom is -0.184 e. The molecule has 0 fully saturated rings. The Bertz CT molecular complexity index is 476. The van der Waals surface area contributed by atoms with Gasteiger partial charge in [-0.15, -0.1) is 5.10 Å². The van der Waals surface area contributed by atoms with Gasteiger partial charge in [0.15, 0.2) is 0 Å². The average molecular weight is 197 g/mol. The summed E-state index contributed by atoms with van der Waals surface area (Å²) in [6.07, 6.45) is 0. The topological polar surface area (TPSA) is 30.7 Å². The van der Waals surface area contributed by atoms with Gasteiger partial charge in [-0.3, -0.25) is 0 Å². The lowest BCUT2D eigenvalue weighted by atomic mass is 10.1. The van der Waals surface area contributed by atoms with Gasteiger partial charge in [-0.25, -0.2) is 0 Å². The van der Waals surface area contributed by atoms with E-state index in [9.17, 15) is 8.78 Å². The Morgan fingerprint density at radius 1 is 1.21 bits per heavy atom. The Morgan fingerprint density at radius 2 is 1.86 bits per heavy atom. The molecule has 0 bridgehead atoms. The van der Waals surface area contributed by atoms with Crippen LogP contribution in [0.2, 0.25) is 0 Å². The van der Waals surface area contributed by atoms with Crippen LogP contribution in [0.4, 0.5) is 8.78 Å². The molecule has 0 spiro atoms. The molecule has 0 aliphatic carbocycles. The number of benzene rings is 1. The van der Waals surface area contributed by atoms with E-state index in [-0.39, 0.29) is 0 Å². The Balaban J connectivity index is 2.74. The second kappa shape index (κ2) is 3.01. The molecule has 0 saturated carbocycles. The zero-order valence-electron chi connectivity index (χ0n) is 7.83. The van der Waals surface area contributed by atoms with Crippen LogP contribution < -0.4 is 0 Å². The number of fused-ring (bicyclic) bond motifs is 1. The Labute approximate surface area is 79.3 Å². The quantitative estimate of drug-likeness (QED) is 0.703. The number of alkyl halides is 2. The second-order valence-electron chi connectivity index (χ2n) is 3.24. The van der Waals surface area contributed by atoms with E-state index in [0.717, 1.165) is 11.1 Å². The van der Waals surface area contributed by atoms with E-state index in [2.05, 4.69) is 10.3 Å². The van der Waals surface area contributed by atoms with Crippen LogP contribution in [-0.4, -0.2) is 15.0 Å². The Hall–Kier alpha value is -1.52. The molecular formula is C9H9F2N3. The summed E-state index contributed by atoms with van der Waals surface area (Å²) in [5.74, 6) is 0. The van der Waals surface area contributed by atoms with E-state index in [4.69, 9.17) is 0 Å². The predicted octanol–water partition coefficient (Wildman–Crippen LogP) is 2.44. The molecular weight excluding hydrogens is 188 g/mol. The molecule has 2 aromatic rings. The smallest absolute Gasteiger partial charge is 0.184 e.